The Kier molecular flexibility index (Phi) is 1.30. The van der Waals surface area contributed by atoms with Crippen LogP contribution in [-0.4, -0.2) is 6.15 Å². The Hall–Kier alpha value is -3.06. The molecule has 25 heavy (non-hydrogen) atoms. The zero-order valence-electron chi connectivity index (χ0n) is 32.6. The third-order valence-electron chi connectivity index (χ3n) is 3.81. The van der Waals surface area contributed by atoms with Crippen molar-refractivity contribution in [3.05, 3.63) is 121 Å². The van der Waals surface area contributed by atoms with E-state index in [1.165, 1.54) is 0 Å². The van der Waals surface area contributed by atoms with Gasteiger partial charge in [0.05, 0.1) is 27.4 Å². The minimum Gasteiger partial charge on any atom is -0.195 e. The maximum Gasteiger partial charge on any atom is 0.108 e. The van der Waals surface area contributed by atoms with Crippen molar-refractivity contribution >= 4 is 28.0 Å². The molecule has 0 radical (unpaired) electrons. The number of rotatable bonds is 4. The standard InChI is InChI=1S/C24H20B/c1-5-13-21(14-6-1)25(22-15-7-2-8-16-22,23-17-9-3-10-18-23)24-19-11-4-12-20-24/h1-20H/q-1/i1D,2D,3D,4D,5D,6D,7D,8D,9D,10D,11D,12D,13D,14D,15D,16D,17D,18D,19D,20D. The Morgan fingerprint density at radius 1 is 0.360 bits per heavy atom. The monoisotopic (exact) mass is 339 g/mol. The summed E-state index contributed by atoms with van der Waals surface area (Å²) in [5.41, 5.74) is -4.07. The zero-order chi connectivity index (χ0) is 34.4. The van der Waals surface area contributed by atoms with Gasteiger partial charge in [-0.2, -0.15) is 21.9 Å². The highest BCUT2D eigenvalue weighted by atomic mass is 14.1. The van der Waals surface area contributed by atoms with Gasteiger partial charge in [-0.3, -0.25) is 0 Å². The topological polar surface area (TPSA) is 0 Å². The average Bonchev–Trinajstić information content (AvgIpc) is 3.00. The summed E-state index contributed by atoms with van der Waals surface area (Å²) in [6, 6.07) is -21.3. The van der Waals surface area contributed by atoms with Crippen LogP contribution in [0.3, 0.4) is 0 Å². The van der Waals surface area contributed by atoms with E-state index in [1.54, 1.807) is 0 Å². The fourth-order valence-corrected chi connectivity index (χ4v) is 2.77. The third kappa shape index (κ3) is 2.68. The summed E-state index contributed by atoms with van der Waals surface area (Å²) < 4.78 is 171. The molecule has 120 valence electrons. The van der Waals surface area contributed by atoms with Gasteiger partial charge in [0.25, 0.3) is 0 Å². The molecule has 0 unspecified atom stereocenters. The molecule has 4 rings (SSSR count). The summed E-state index contributed by atoms with van der Waals surface area (Å²) in [6.07, 6.45) is -4.42. The molecule has 0 nitrogen and oxygen atoms in total. The summed E-state index contributed by atoms with van der Waals surface area (Å²) in [4.78, 5) is 0. The quantitative estimate of drug-likeness (QED) is 0.501. The van der Waals surface area contributed by atoms with Crippen LogP contribution in [0.4, 0.5) is 0 Å². The fourth-order valence-electron chi connectivity index (χ4n) is 2.77. The Morgan fingerprint density at radius 3 is 0.760 bits per heavy atom. The largest absolute Gasteiger partial charge is 0.195 e. The van der Waals surface area contributed by atoms with E-state index in [0.29, 0.717) is 0 Å². The summed E-state index contributed by atoms with van der Waals surface area (Å²) in [5, 5.41) is 0. The zero-order valence-corrected chi connectivity index (χ0v) is 12.6. The molecule has 4 aromatic carbocycles. The fraction of sp³-hybridized carbons (Fsp3) is 0. The van der Waals surface area contributed by atoms with Gasteiger partial charge in [0.2, 0.25) is 0 Å². The molecule has 0 bridgehead atoms. The highest BCUT2D eigenvalue weighted by molar-refractivity contribution is 7.19. The van der Waals surface area contributed by atoms with E-state index in [0.717, 1.165) is 0 Å². The molecule has 1 heteroatoms. The molecular formula is C24H20B-. The second-order valence-corrected chi connectivity index (χ2v) is 5.02. The van der Waals surface area contributed by atoms with Gasteiger partial charge in [0.1, 0.15) is 6.15 Å². The lowest BCUT2D eigenvalue weighted by molar-refractivity contribution is 1.66. The van der Waals surface area contributed by atoms with Crippen LogP contribution in [0.2, 0.25) is 0 Å². The van der Waals surface area contributed by atoms with E-state index in [1.807, 2.05) is 0 Å². The van der Waals surface area contributed by atoms with Crippen LogP contribution in [-0.2, 0) is 0 Å². The maximum absolute atomic E-state index is 8.89. The minimum absolute atomic E-state index is 0.957. The number of hydrogen-bond acceptors (Lipinski definition) is 0. The van der Waals surface area contributed by atoms with Crippen molar-refractivity contribution in [3.8, 4) is 0 Å². The lowest BCUT2D eigenvalue weighted by Gasteiger charge is -2.44. The van der Waals surface area contributed by atoms with E-state index in [-0.39, 0.29) is 0 Å². The van der Waals surface area contributed by atoms with Gasteiger partial charge in [-0.25, -0.2) is 0 Å². The molecule has 0 saturated carbocycles. The molecule has 0 aliphatic carbocycles. The highest BCUT2D eigenvalue weighted by Crippen LogP contribution is 2.09. The van der Waals surface area contributed by atoms with Crippen LogP contribution in [0.5, 0.6) is 0 Å². The van der Waals surface area contributed by atoms with Crippen molar-refractivity contribution in [1.82, 2.24) is 0 Å². The second kappa shape index (κ2) is 6.82. The molecule has 0 amide bonds. The third-order valence-corrected chi connectivity index (χ3v) is 3.81. The van der Waals surface area contributed by atoms with Crippen LogP contribution in [0.15, 0.2) is 121 Å². The first kappa shape index (κ1) is 4.77. The van der Waals surface area contributed by atoms with Crippen molar-refractivity contribution in [3.63, 3.8) is 0 Å². The SMILES string of the molecule is [2H]c1c([2H])c([2H])c([B-](c2c([2H])c([2H])c([2H])c([2H])c2[2H])(c2c([2H])c([2H])c([2H])c([2H])c2[2H])c2c([2H])c([2H])c([2H])c([2H])c2[2H])c([2H])c1[2H]. The molecule has 0 spiro atoms. The van der Waals surface area contributed by atoms with Crippen molar-refractivity contribution < 1.29 is 27.4 Å². The first-order valence-corrected chi connectivity index (χ1v) is 7.15. The number of hydrogen-bond donors (Lipinski definition) is 0. The molecular weight excluding hydrogens is 299 g/mol. The van der Waals surface area contributed by atoms with Gasteiger partial charge in [0.15, 0.2) is 0 Å². The van der Waals surface area contributed by atoms with Gasteiger partial charge >= 0.3 is 0 Å². The predicted octanol–water partition coefficient (Wildman–Crippen LogP) is 3.06. The first-order chi connectivity index (χ1) is 20.7. The van der Waals surface area contributed by atoms with Crippen LogP contribution in [0.1, 0.15) is 27.4 Å². The Balaban J connectivity index is 2.69. The van der Waals surface area contributed by atoms with Crippen molar-refractivity contribution in [2.75, 3.05) is 0 Å². The van der Waals surface area contributed by atoms with Crippen LogP contribution in [0, 0.1) is 0 Å². The van der Waals surface area contributed by atoms with E-state index >= 15 is 0 Å². The normalized spacial score (nSPS) is 22.4. The van der Waals surface area contributed by atoms with Gasteiger partial charge in [-0.05, 0) is 0 Å². The lowest BCUT2D eigenvalue weighted by atomic mass is 9.13. The first-order valence-electron chi connectivity index (χ1n) is 17.2. The second-order valence-electron chi connectivity index (χ2n) is 5.02. The Morgan fingerprint density at radius 2 is 0.560 bits per heavy atom. The van der Waals surface area contributed by atoms with Gasteiger partial charge in [-0.1, -0.05) is 121 Å². The molecule has 0 heterocycles. The van der Waals surface area contributed by atoms with Crippen LogP contribution in [0.25, 0.3) is 0 Å². The van der Waals surface area contributed by atoms with Gasteiger partial charge < -0.3 is 0 Å². The van der Waals surface area contributed by atoms with Crippen molar-refractivity contribution in [2.45, 2.75) is 0 Å². The Bertz CT molecular complexity index is 1570. The van der Waals surface area contributed by atoms with E-state index in [4.69, 9.17) is 27.4 Å². The van der Waals surface area contributed by atoms with Crippen molar-refractivity contribution in [2.24, 2.45) is 0 Å². The van der Waals surface area contributed by atoms with Gasteiger partial charge in [-0.15, -0.1) is 0 Å². The predicted molar refractivity (Wildman–Crippen MR) is 110 cm³/mol. The van der Waals surface area contributed by atoms with Crippen molar-refractivity contribution in [1.29, 1.82) is 0 Å². The number of benzene rings is 4. The molecule has 0 atom stereocenters. The summed E-state index contributed by atoms with van der Waals surface area (Å²) in [7, 11) is 0. The van der Waals surface area contributed by atoms with Crippen LogP contribution >= 0.6 is 0 Å². The molecule has 0 fully saturated rings. The molecule has 0 N–H and O–H groups in total. The average molecular weight is 339 g/mol. The summed E-state index contributed by atoms with van der Waals surface area (Å²) >= 11 is 0. The minimum atomic E-state index is -4.42. The molecule has 0 saturated heterocycles. The molecule has 4 aromatic rings. The van der Waals surface area contributed by atoms with E-state index in [9.17, 15) is 0 Å². The smallest absolute Gasteiger partial charge is 0.108 e. The molecule has 0 aliphatic rings. The maximum atomic E-state index is 8.89. The summed E-state index contributed by atoms with van der Waals surface area (Å²) in [6.45, 7) is 0. The lowest BCUT2D eigenvalue weighted by Crippen LogP contribution is -2.74. The van der Waals surface area contributed by atoms with Gasteiger partial charge in [0, 0.05) is 0 Å². The summed E-state index contributed by atoms with van der Waals surface area (Å²) in [5.74, 6) is 0. The molecule has 0 aromatic heterocycles. The van der Waals surface area contributed by atoms with E-state index in [2.05, 4.69) is 0 Å². The van der Waals surface area contributed by atoms with E-state index < -0.39 is 149 Å². The Labute approximate surface area is 177 Å². The molecule has 0 aliphatic heterocycles. The van der Waals surface area contributed by atoms with Crippen LogP contribution < -0.4 is 21.9 Å². The highest BCUT2D eigenvalue weighted by Gasteiger charge is 2.30.